The zero-order chi connectivity index (χ0) is 21.3. The average Bonchev–Trinajstić information content (AvgIpc) is 3.09. The van der Waals surface area contributed by atoms with Gasteiger partial charge in [0.1, 0.15) is 6.10 Å². The Hall–Kier alpha value is -3.69. The van der Waals surface area contributed by atoms with Crippen molar-refractivity contribution in [3.05, 3.63) is 138 Å². The highest BCUT2D eigenvalue weighted by molar-refractivity contribution is 6.17. The number of hydrogen-bond donors (Lipinski definition) is 1. The summed E-state index contributed by atoms with van der Waals surface area (Å²) in [5, 5.41) is 11.3. The predicted molar refractivity (Wildman–Crippen MR) is 125 cm³/mol. The summed E-state index contributed by atoms with van der Waals surface area (Å²) < 4.78 is 0. The predicted octanol–water partition coefficient (Wildman–Crippen LogP) is 6.51. The van der Waals surface area contributed by atoms with Gasteiger partial charge in [-0.15, -0.1) is 0 Å². The summed E-state index contributed by atoms with van der Waals surface area (Å²) in [5.41, 5.74) is 4.52. The number of anilines is 1. The summed E-state index contributed by atoms with van der Waals surface area (Å²) >= 11 is 0. The van der Waals surface area contributed by atoms with E-state index in [4.69, 9.17) is 4.84 Å². The van der Waals surface area contributed by atoms with E-state index >= 15 is 0 Å². The standard InChI is InChI=1S/C28H24N2O/c1-21(22-13-5-2-6-14-22)31-30-26-20-12-11-19-25(26)27(29)28(30,23-15-7-3-8-16-23)24-17-9-4-10-18-24/h2-21,29H,1H3. The van der Waals surface area contributed by atoms with E-state index < -0.39 is 5.54 Å². The Labute approximate surface area is 183 Å². The van der Waals surface area contributed by atoms with Crippen molar-refractivity contribution in [2.24, 2.45) is 0 Å². The van der Waals surface area contributed by atoms with Crippen LogP contribution in [0.5, 0.6) is 0 Å². The van der Waals surface area contributed by atoms with E-state index in [1.807, 2.05) is 83.9 Å². The van der Waals surface area contributed by atoms with Crippen molar-refractivity contribution in [3.63, 3.8) is 0 Å². The lowest BCUT2D eigenvalue weighted by Crippen LogP contribution is -2.49. The second-order valence-corrected chi connectivity index (χ2v) is 7.79. The van der Waals surface area contributed by atoms with Gasteiger partial charge in [-0.2, -0.15) is 0 Å². The lowest BCUT2D eigenvalue weighted by atomic mass is 9.79. The van der Waals surface area contributed by atoms with Gasteiger partial charge in [-0.25, -0.2) is 5.06 Å². The molecule has 1 atom stereocenters. The third-order valence-electron chi connectivity index (χ3n) is 5.97. The number of nitrogens with zero attached hydrogens (tertiary/aromatic N) is 1. The molecule has 0 saturated carbocycles. The number of benzene rings is 4. The lowest BCUT2D eigenvalue weighted by molar-refractivity contribution is 0.0236. The molecule has 4 aromatic carbocycles. The van der Waals surface area contributed by atoms with Gasteiger partial charge in [0.05, 0.1) is 11.4 Å². The molecule has 1 aliphatic heterocycles. The van der Waals surface area contributed by atoms with Crippen molar-refractivity contribution in [1.29, 1.82) is 5.41 Å². The molecule has 0 amide bonds. The molecule has 1 aliphatic rings. The topological polar surface area (TPSA) is 36.3 Å². The third kappa shape index (κ3) is 3.06. The maximum atomic E-state index is 9.37. The molecule has 1 heterocycles. The van der Waals surface area contributed by atoms with Crippen molar-refractivity contribution in [1.82, 2.24) is 0 Å². The first-order valence-electron chi connectivity index (χ1n) is 10.5. The van der Waals surface area contributed by atoms with Crippen LogP contribution in [-0.2, 0) is 10.4 Å². The Morgan fingerprint density at radius 3 is 1.74 bits per heavy atom. The minimum atomic E-state index is -0.880. The van der Waals surface area contributed by atoms with Crippen LogP contribution in [-0.4, -0.2) is 5.71 Å². The highest BCUT2D eigenvalue weighted by Crippen LogP contribution is 2.50. The molecule has 0 bridgehead atoms. The first kappa shape index (κ1) is 19.3. The van der Waals surface area contributed by atoms with Gasteiger partial charge in [-0.1, -0.05) is 109 Å². The number of rotatable bonds is 5. The van der Waals surface area contributed by atoms with Crippen LogP contribution >= 0.6 is 0 Å². The Balaban J connectivity index is 1.74. The largest absolute Gasteiger partial charge is 0.301 e. The monoisotopic (exact) mass is 404 g/mol. The number of hydroxylamine groups is 1. The molecule has 5 rings (SSSR count). The summed E-state index contributed by atoms with van der Waals surface area (Å²) in [6.45, 7) is 2.06. The Kier molecular flexibility index (Phi) is 4.89. The highest BCUT2D eigenvalue weighted by atomic mass is 16.7. The van der Waals surface area contributed by atoms with Crippen LogP contribution in [0.3, 0.4) is 0 Å². The summed E-state index contributed by atoms with van der Waals surface area (Å²) in [5.74, 6) is 0. The van der Waals surface area contributed by atoms with Crippen molar-refractivity contribution < 1.29 is 4.84 Å². The SMILES string of the molecule is CC(ON1c2ccccc2C(=N)C1(c1ccccc1)c1ccccc1)c1ccccc1. The van der Waals surface area contributed by atoms with Crippen LogP contribution in [0.25, 0.3) is 0 Å². The van der Waals surface area contributed by atoms with Crippen LogP contribution in [0.15, 0.2) is 115 Å². The van der Waals surface area contributed by atoms with E-state index in [0.717, 1.165) is 27.9 Å². The first-order chi connectivity index (χ1) is 15.2. The van der Waals surface area contributed by atoms with E-state index in [0.29, 0.717) is 5.71 Å². The molecule has 0 aromatic heterocycles. The van der Waals surface area contributed by atoms with Gasteiger partial charge in [0, 0.05) is 5.56 Å². The van der Waals surface area contributed by atoms with Gasteiger partial charge in [-0.3, -0.25) is 4.84 Å². The number of para-hydroxylation sites is 1. The van der Waals surface area contributed by atoms with Gasteiger partial charge in [0.15, 0.2) is 5.54 Å². The van der Waals surface area contributed by atoms with Gasteiger partial charge >= 0.3 is 0 Å². The summed E-state index contributed by atoms with van der Waals surface area (Å²) in [6.07, 6.45) is -0.188. The molecule has 0 saturated heterocycles. The van der Waals surface area contributed by atoms with E-state index in [1.165, 1.54) is 0 Å². The van der Waals surface area contributed by atoms with Crippen LogP contribution in [0.1, 0.15) is 35.3 Å². The average molecular weight is 405 g/mol. The summed E-state index contributed by atoms with van der Waals surface area (Å²) in [6, 6.07) is 38.7. The molecule has 4 aromatic rings. The molecule has 0 fully saturated rings. The Morgan fingerprint density at radius 1 is 0.677 bits per heavy atom. The molecule has 3 nitrogen and oxygen atoms in total. The van der Waals surface area contributed by atoms with Crippen molar-refractivity contribution in [3.8, 4) is 0 Å². The molecule has 0 aliphatic carbocycles. The maximum Gasteiger partial charge on any atom is 0.159 e. The number of fused-ring (bicyclic) bond motifs is 1. The normalized spacial score (nSPS) is 15.5. The third-order valence-corrected chi connectivity index (χ3v) is 5.97. The van der Waals surface area contributed by atoms with Crippen molar-refractivity contribution in [2.75, 3.05) is 5.06 Å². The number of nitrogens with one attached hydrogen (secondary N) is 1. The lowest BCUT2D eigenvalue weighted by Gasteiger charge is -2.41. The minimum absolute atomic E-state index is 0.188. The van der Waals surface area contributed by atoms with Gasteiger partial charge < -0.3 is 5.41 Å². The minimum Gasteiger partial charge on any atom is -0.301 e. The van der Waals surface area contributed by atoms with Gasteiger partial charge in [0.2, 0.25) is 0 Å². The molecular formula is C28H24N2O. The zero-order valence-electron chi connectivity index (χ0n) is 17.4. The maximum absolute atomic E-state index is 9.37. The molecule has 31 heavy (non-hydrogen) atoms. The van der Waals surface area contributed by atoms with E-state index in [1.54, 1.807) is 0 Å². The fourth-order valence-corrected chi connectivity index (χ4v) is 4.47. The van der Waals surface area contributed by atoms with E-state index in [9.17, 15) is 5.41 Å². The fraction of sp³-hybridized carbons (Fsp3) is 0.107. The molecule has 3 heteroatoms. The Bertz CT molecular complexity index is 1150. The molecule has 152 valence electrons. The molecule has 1 unspecified atom stereocenters. The summed E-state index contributed by atoms with van der Waals surface area (Å²) in [4.78, 5) is 6.71. The van der Waals surface area contributed by atoms with Crippen LogP contribution in [0.4, 0.5) is 5.69 Å². The molecule has 0 radical (unpaired) electrons. The van der Waals surface area contributed by atoms with E-state index in [-0.39, 0.29) is 6.10 Å². The fourth-order valence-electron chi connectivity index (χ4n) is 4.47. The smallest absolute Gasteiger partial charge is 0.159 e. The second kappa shape index (κ2) is 7.86. The Morgan fingerprint density at radius 2 is 1.16 bits per heavy atom. The van der Waals surface area contributed by atoms with Crippen LogP contribution < -0.4 is 5.06 Å². The summed E-state index contributed by atoms with van der Waals surface area (Å²) in [7, 11) is 0. The molecule has 0 spiro atoms. The molecule has 1 N–H and O–H groups in total. The quantitative estimate of drug-likeness (QED) is 0.411. The van der Waals surface area contributed by atoms with E-state index in [2.05, 4.69) is 43.3 Å². The van der Waals surface area contributed by atoms with Crippen LogP contribution in [0, 0.1) is 5.41 Å². The first-order valence-corrected chi connectivity index (χ1v) is 10.5. The zero-order valence-corrected chi connectivity index (χ0v) is 17.4. The molecular weight excluding hydrogens is 380 g/mol. The van der Waals surface area contributed by atoms with Crippen molar-refractivity contribution in [2.45, 2.75) is 18.6 Å². The van der Waals surface area contributed by atoms with Gasteiger partial charge in [-0.05, 0) is 29.7 Å². The van der Waals surface area contributed by atoms with Gasteiger partial charge in [0.25, 0.3) is 0 Å². The van der Waals surface area contributed by atoms with Crippen molar-refractivity contribution >= 4 is 11.4 Å². The second-order valence-electron chi connectivity index (χ2n) is 7.79. The number of hydrogen-bond acceptors (Lipinski definition) is 3. The highest BCUT2D eigenvalue weighted by Gasteiger charge is 2.52. The van der Waals surface area contributed by atoms with Crippen LogP contribution in [0.2, 0.25) is 0 Å².